The Morgan fingerprint density at radius 1 is 1.08 bits per heavy atom. The molecule has 0 aliphatic heterocycles. The molecule has 0 spiro atoms. The normalized spacial score (nSPS) is 9.00. The van der Waals surface area contributed by atoms with Crippen LogP contribution in [0.25, 0.3) is 0 Å². The first kappa shape index (κ1) is 14.4. The number of methoxy groups -OCH3 is 1. The largest absolute Gasteiger partial charge is 0.385 e. The van der Waals surface area contributed by atoms with Gasteiger partial charge in [0.2, 0.25) is 0 Å². The lowest BCUT2D eigenvalue weighted by Gasteiger charge is -1.91. The summed E-state index contributed by atoms with van der Waals surface area (Å²) in [6, 6.07) is 0. The molecule has 0 aromatic heterocycles. The van der Waals surface area contributed by atoms with Gasteiger partial charge in [0.1, 0.15) is 0 Å². The minimum atomic E-state index is 0.633. The fourth-order valence-corrected chi connectivity index (χ4v) is 0.455. The highest BCUT2D eigenvalue weighted by Crippen LogP contribution is 1.70. The summed E-state index contributed by atoms with van der Waals surface area (Å²) in [7, 11) is 1.68. The lowest BCUT2D eigenvalue weighted by molar-refractivity contribution is 0.155. The van der Waals surface area contributed by atoms with Gasteiger partial charge in [-0.3, -0.25) is 0 Å². The van der Waals surface area contributed by atoms with Crippen molar-refractivity contribution in [3.05, 3.63) is 0 Å². The predicted octanol–water partition coefficient (Wildman–Crippen LogP) is -0.0368. The van der Waals surface area contributed by atoms with Crippen molar-refractivity contribution in [1.29, 1.82) is 0 Å². The van der Waals surface area contributed by atoms with Crippen molar-refractivity contribution < 1.29 is 9.47 Å². The molecule has 0 bridgehead atoms. The summed E-state index contributed by atoms with van der Waals surface area (Å²) in [6.07, 6.45) is 0.969. The number of rotatable bonds is 6. The molecule has 0 aromatic carbocycles. The molecule has 0 aromatic rings. The fraction of sp³-hybridized carbons (Fsp3) is 1.00. The van der Waals surface area contributed by atoms with Gasteiger partial charge in [-0.2, -0.15) is 0 Å². The molecule has 0 atom stereocenters. The quantitative estimate of drug-likeness (QED) is 0.560. The van der Waals surface area contributed by atoms with E-state index < -0.39 is 0 Å². The maximum atomic E-state index is 5.13. The molecule has 76 valence electrons. The number of hydrogen-bond acceptors (Lipinski definition) is 4. The van der Waals surface area contributed by atoms with Crippen molar-refractivity contribution in [3.63, 3.8) is 0 Å². The van der Waals surface area contributed by atoms with E-state index in [1.165, 1.54) is 0 Å². The van der Waals surface area contributed by atoms with E-state index in [2.05, 4.69) is 0 Å². The smallest absolute Gasteiger partial charge is 0.0588 e. The molecule has 0 saturated heterocycles. The van der Waals surface area contributed by atoms with E-state index >= 15 is 0 Å². The first-order chi connectivity index (χ1) is 5.83. The summed E-state index contributed by atoms with van der Waals surface area (Å²) in [5.41, 5.74) is 10.2. The van der Waals surface area contributed by atoms with E-state index in [1.807, 2.05) is 6.92 Å². The van der Waals surface area contributed by atoms with Crippen LogP contribution in [0.5, 0.6) is 0 Å². The van der Waals surface area contributed by atoms with Crippen molar-refractivity contribution in [3.8, 4) is 0 Å². The van der Waals surface area contributed by atoms with E-state index in [-0.39, 0.29) is 0 Å². The Kier molecular flexibility index (Phi) is 20.4. The van der Waals surface area contributed by atoms with Crippen LogP contribution in [0.3, 0.4) is 0 Å². The minimum Gasteiger partial charge on any atom is -0.385 e. The van der Waals surface area contributed by atoms with Crippen molar-refractivity contribution >= 4 is 0 Å². The molecule has 0 aliphatic rings. The van der Waals surface area contributed by atoms with E-state index in [9.17, 15) is 0 Å². The Balaban J connectivity index is 0. The first-order valence-electron chi connectivity index (χ1n) is 4.30. The van der Waals surface area contributed by atoms with Crippen LogP contribution in [-0.2, 0) is 9.47 Å². The molecule has 0 radical (unpaired) electrons. The topological polar surface area (TPSA) is 70.5 Å². The highest BCUT2D eigenvalue weighted by Gasteiger charge is 1.74. The standard InChI is InChI=1S/2C4H11NO/c1-6-4-2-3-5;1-2-6-4-3-5/h2*2-5H2,1H3. The average Bonchev–Trinajstić information content (AvgIpc) is 2.12. The van der Waals surface area contributed by atoms with Gasteiger partial charge < -0.3 is 20.9 Å². The zero-order valence-corrected chi connectivity index (χ0v) is 8.21. The average molecular weight is 178 g/mol. The highest BCUT2D eigenvalue weighted by molar-refractivity contribution is 4.31. The van der Waals surface area contributed by atoms with Gasteiger partial charge in [0.05, 0.1) is 6.61 Å². The Bertz CT molecular complexity index is 47.0. The van der Waals surface area contributed by atoms with Gasteiger partial charge in [-0.15, -0.1) is 0 Å². The zero-order valence-electron chi connectivity index (χ0n) is 8.21. The number of ether oxygens (including phenoxy) is 2. The molecule has 4 N–H and O–H groups in total. The maximum absolute atomic E-state index is 5.13. The van der Waals surface area contributed by atoms with Gasteiger partial charge in [-0.1, -0.05) is 0 Å². The first-order valence-corrected chi connectivity index (χ1v) is 4.30. The van der Waals surface area contributed by atoms with Gasteiger partial charge in [0, 0.05) is 26.9 Å². The second kappa shape index (κ2) is 17.1. The van der Waals surface area contributed by atoms with Crippen molar-refractivity contribution in [2.45, 2.75) is 13.3 Å². The van der Waals surface area contributed by atoms with Crippen LogP contribution in [0.15, 0.2) is 0 Å². The van der Waals surface area contributed by atoms with Crippen LogP contribution in [-0.4, -0.2) is 40.0 Å². The maximum Gasteiger partial charge on any atom is 0.0588 e. The molecule has 0 aliphatic carbocycles. The predicted molar refractivity (Wildman–Crippen MR) is 51.1 cm³/mol. The fourth-order valence-electron chi connectivity index (χ4n) is 0.455. The lowest BCUT2D eigenvalue weighted by Crippen LogP contribution is -2.07. The summed E-state index contributed by atoms with van der Waals surface area (Å²) < 4.78 is 9.56. The van der Waals surface area contributed by atoms with Crippen LogP contribution in [0.2, 0.25) is 0 Å². The second-order valence-corrected chi connectivity index (χ2v) is 2.12. The molecular formula is C8H22N2O2. The highest BCUT2D eigenvalue weighted by atomic mass is 16.5. The second-order valence-electron chi connectivity index (χ2n) is 2.12. The molecule has 0 saturated carbocycles. The van der Waals surface area contributed by atoms with Crippen LogP contribution < -0.4 is 11.5 Å². The summed E-state index contributed by atoms with van der Waals surface area (Å²) in [6.45, 7) is 5.57. The number of hydrogen-bond donors (Lipinski definition) is 2. The lowest BCUT2D eigenvalue weighted by atomic mass is 10.5. The van der Waals surface area contributed by atoms with Gasteiger partial charge in [-0.25, -0.2) is 0 Å². The van der Waals surface area contributed by atoms with Crippen LogP contribution in [0.4, 0.5) is 0 Å². The zero-order chi connectivity index (χ0) is 9.66. The molecule has 0 fully saturated rings. The monoisotopic (exact) mass is 178 g/mol. The Labute approximate surface area is 75.2 Å². The Hall–Kier alpha value is -0.160. The minimum absolute atomic E-state index is 0.633. The van der Waals surface area contributed by atoms with E-state index in [0.29, 0.717) is 13.2 Å². The van der Waals surface area contributed by atoms with Gasteiger partial charge >= 0.3 is 0 Å². The Morgan fingerprint density at radius 2 is 1.75 bits per heavy atom. The van der Waals surface area contributed by atoms with Gasteiger partial charge in [0.25, 0.3) is 0 Å². The van der Waals surface area contributed by atoms with E-state index in [1.54, 1.807) is 7.11 Å². The van der Waals surface area contributed by atoms with E-state index in [0.717, 1.165) is 26.2 Å². The van der Waals surface area contributed by atoms with Crippen molar-refractivity contribution in [2.24, 2.45) is 11.5 Å². The van der Waals surface area contributed by atoms with E-state index in [4.69, 9.17) is 20.9 Å². The molecule has 4 nitrogen and oxygen atoms in total. The molecule has 0 amide bonds. The summed E-state index contributed by atoms with van der Waals surface area (Å²) in [5.74, 6) is 0. The Morgan fingerprint density at radius 3 is 1.92 bits per heavy atom. The van der Waals surface area contributed by atoms with Crippen molar-refractivity contribution in [2.75, 3.05) is 40.0 Å². The molecule has 0 unspecified atom stereocenters. The SMILES string of the molecule is CCOCCN.COCCCN. The molecule has 12 heavy (non-hydrogen) atoms. The molecule has 0 rings (SSSR count). The summed E-state index contributed by atoms with van der Waals surface area (Å²) in [4.78, 5) is 0. The van der Waals surface area contributed by atoms with Crippen LogP contribution in [0, 0.1) is 0 Å². The summed E-state index contributed by atoms with van der Waals surface area (Å²) in [5, 5.41) is 0. The summed E-state index contributed by atoms with van der Waals surface area (Å²) >= 11 is 0. The molecule has 0 heterocycles. The number of nitrogens with two attached hydrogens (primary N) is 2. The molecule has 4 heteroatoms. The van der Waals surface area contributed by atoms with Gasteiger partial charge in [0.15, 0.2) is 0 Å². The third-order valence-corrected chi connectivity index (χ3v) is 1.02. The van der Waals surface area contributed by atoms with Crippen LogP contribution in [0.1, 0.15) is 13.3 Å². The molecular weight excluding hydrogens is 156 g/mol. The van der Waals surface area contributed by atoms with Crippen molar-refractivity contribution in [1.82, 2.24) is 0 Å². The van der Waals surface area contributed by atoms with Crippen LogP contribution >= 0.6 is 0 Å². The van der Waals surface area contributed by atoms with Gasteiger partial charge in [-0.05, 0) is 19.9 Å². The third kappa shape index (κ3) is 22.5. The third-order valence-electron chi connectivity index (χ3n) is 1.02.